The summed E-state index contributed by atoms with van der Waals surface area (Å²) in [4.78, 5) is 19.6. The molecule has 0 spiro atoms. The van der Waals surface area contributed by atoms with E-state index < -0.39 is 11.6 Å². The fourth-order valence-electron chi connectivity index (χ4n) is 2.95. The Kier molecular flexibility index (Phi) is 4.51. The third-order valence-corrected chi connectivity index (χ3v) is 4.13. The number of benzene rings is 1. The largest absolute Gasteiger partial charge is 0.450 e. The molecule has 0 unspecified atom stereocenters. The number of hydrogen-bond acceptors (Lipinski definition) is 4. The summed E-state index contributed by atoms with van der Waals surface area (Å²) < 4.78 is 32.5. The molecule has 1 aliphatic heterocycles. The van der Waals surface area contributed by atoms with E-state index >= 15 is 0 Å². The monoisotopic (exact) mass is 335 g/mol. The molecule has 5 nitrogen and oxygen atoms in total. The Bertz CT molecular complexity index is 774. The number of fused-ring (bicyclic) bond motifs is 1. The van der Waals surface area contributed by atoms with Crippen molar-refractivity contribution in [2.45, 2.75) is 13.8 Å². The molecule has 128 valence electrons. The van der Waals surface area contributed by atoms with Gasteiger partial charge in [0.25, 0.3) is 0 Å². The summed E-state index contributed by atoms with van der Waals surface area (Å²) in [6.45, 7) is 6.09. The van der Waals surface area contributed by atoms with E-state index in [1.165, 1.54) is 0 Å². The highest BCUT2D eigenvalue weighted by Gasteiger charge is 2.24. The van der Waals surface area contributed by atoms with Crippen LogP contribution in [0.1, 0.15) is 12.6 Å². The van der Waals surface area contributed by atoms with Crippen molar-refractivity contribution in [2.24, 2.45) is 0 Å². The van der Waals surface area contributed by atoms with Crippen molar-refractivity contribution in [3.8, 4) is 0 Å². The lowest BCUT2D eigenvalue weighted by Crippen LogP contribution is -2.49. The topological polar surface area (TPSA) is 45.7 Å². The van der Waals surface area contributed by atoms with Crippen molar-refractivity contribution in [3.63, 3.8) is 0 Å². The molecule has 0 atom stereocenters. The van der Waals surface area contributed by atoms with Crippen LogP contribution in [0.2, 0.25) is 0 Å². The maximum absolute atomic E-state index is 14.1. The Morgan fingerprint density at radius 1 is 1.25 bits per heavy atom. The summed E-state index contributed by atoms with van der Waals surface area (Å²) in [6, 6.07) is 4.53. The fraction of sp³-hybridized carbons (Fsp3) is 0.412. The average Bonchev–Trinajstić information content (AvgIpc) is 2.58. The number of nitrogens with zero attached hydrogens (tertiary/aromatic N) is 3. The van der Waals surface area contributed by atoms with Crippen LogP contribution in [0.3, 0.4) is 0 Å². The lowest BCUT2D eigenvalue weighted by molar-refractivity contribution is 0.105. The maximum Gasteiger partial charge on any atom is 0.409 e. The SMILES string of the molecule is CCOC(=O)N1CCN(c2cc(C)nc3c(F)c(F)ccc23)CC1. The maximum atomic E-state index is 14.1. The first-order chi connectivity index (χ1) is 11.5. The van der Waals surface area contributed by atoms with Gasteiger partial charge < -0.3 is 14.5 Å². The number of amides is 1. The van der Waals surface area contributed by atoms with Gasteiger partial charge in [-0.15, -0.1) is 0 Å². The second-order valence-electron chi connectivity index (χ2n) is 5.71. The van der Waals surface area contributed by atoms with Crippen molar-refractivity contribution in [2.75, 3.05) is 37.7 Å². The molecule has 0 N–H and O–H groups in total. The number of carbonyl (C=O) groups is 1. The number of aromatic nitrogens is 1. The molecule has 1 aromatic carbocycles. The molecule has 7 heteroatoms. The Hall–Kier alpha value is -2.44. The van der Waals surface area contributed by atoms with E-state index in [2.05, 4.69) is 9.88 Å². The number of ether oxygens (including phenoxy) is 1. The fourth-order valence-corrected chi connectivity index (χ4v) is 2.95. The van der Waals surface area contributed by atoms with Gasteiger partial charge in [-0.2, -0.15) is 0 Å². The molecule has 2 aromatic rings. The normalized spacial score (nSPS) is 15.0. The van der Waals surface area contributed by atoms with Gasteiger partial charge in [0.2, 0.25) is 0 Å². The number of pyridine rings is 1. The molecule has 1 saturated heterocycles. The molecule has 1 aromatic heterocycles. The summed E-state index contributed by atoms with van der Waals surface area (Å²) in [7, 11) is 0. The van der Waals surface area contributed by atoms with Gasteiger partial charge in [0, 0.05) is 42.9 Å². The van der Waals surface area contributed by atoms with E-state index in [1.54, 1.807) is 24.8 Å². The Morgan fingerprint density at radius 3 is 2.62 bits per heavy atom. The molecule has 2 heterocycles. The Labute approximate surface area is 138 Å². The first-order valence-corrected chi connectivity index (χ1v) is 7.93. The van der Waals surface area contributed by atoms with Gasteiger partial charge in [0.15, 0.2) is 11.6 Å². The van der Waals surface area contributed by atoms with Gasteiger partial charge in [-0.1, -0.05) is 0 Å². The third kappa shape index (κ3) is 2.98. The standard InChI is InChI=1S/C17H19F2N3O2/c1-3-24-17(23)22-8-6-21(7-9-22)14-10-11(2)20-16-12(14)4-5-13(18)15(16)19/h4-5,10H,3,6-9H2,1-2H3. The molecule has 0 bridgehead atoms. The zero-order valence-electron chi connectivity index (χ0n) is 13.7. The van der Waals surface area contributed by atoms with Crippen molar-refractivity contribution in [3.05, 3.63) is 35.5 Å². The molecule has 3 rings (SSSR count). The smallest absolute Gasteiger partial charge is 0.409 e. The molecule has 1 fully saturated rings. The van der Waals surface area contributed by atoms with E-state index in [9.17, 15) is 13.6 Å². The average molecular weight is 335 g/mol. The molecule has 0 aliphatic carbocycles. The summed E-state index contributed by atoms with van der Waals surface area (Å²) in [5.74, 6) is -1.83. The van der Waals surface area contributed by atoms with Crippen LogP contribution in [-0.2, 0) is 4.74 Å². The molecular formula is C17H19F2N3O2. The number of halogens is 2. The van der Waals surface area contributed by atoms with Gasteiger partial charge in [0.05, 0.1) is 6.61 Å². The third-order valence-electron chi connectivity index (χ3n) is 4.13. The predicted molar refractivity (Wildman–Crippen MR) is 87.2 cm³/mol. The zero-order valence-corrected chi connectivity index (χ0v) is 13.7. The second-order valence-corrected chi connectivity index (χ2v) is 5.71. The quantitative estimate of drug-likeness (QED) is 0.846. The first kappa shape index (κ1) is 16.4. The van der Waals surface area contributed by atoms with Gasteiger partial charge in [-0.05, 0) is 32.0 Å². The molecule has 1 amide bonds. The van der Waals surface area contributed by atoms with Crippen molar-refractivity contribution in [1.82, 2.24) is 9.88 Å². The summed E-state index contributed by atoms with van der Waals surface area (Å²) in [5, 5.41) is 0.573. The molecule has 24 heavy (non-hydrogen) atoms. The molecule has 1 aliphatic rings. The summed E-state index contributed by atoms with van der Waals surface area (Å²) >= 11 is 0. The van der Waals surface area contributed by atoms with E-state index in [0.717, 1.165) is 11.8 Å². The zero-order chi connectivity index (χ0) is 17.3. The van der Waals surface area contributed by atoms with E-state index in [0.29, 0.717) is 43.9 Å². The van der Waals surface area contributed by atoms with Crippen molar-refractivity contribution < 1.29 is 18.3 Å². The molecule has 0 saturated carbocycles. The van der Waals surface area contributed by atoms with Crippen LogP contribution in [0.15, 0.2) is 18.2 Å². The number of aryl methyl sites for hydroxylation is 1. The number of anilines is 1. The highest BCUT2D eigenvalue weighted by molar-refractivity contribution is 5.92. The van der Waals surface area contributed by atoms with Crippen LogP contribution in [0, 0.1) is 18.6 Å². The highest BCUT2D eigenvalue weighted by atomic mass is 19.2. The van der Waals surface area contributed by atoms with Crippen LogP contribution >= 0.6 is 0 Å². The second kappa shape index (κ2) is 6.59. The van der Waals surface area contributed by atoms with Gasteiger partial charge >= 0.3 is 6.09 Å². The number of carbonyl (C=O) groups excluding carboxylic acids is 1. The minimum Gasteiger partial charge on any atom is -0.450 e. The minimum absolute atomic E-state index is 0.0397. The van der Waals surface area contributed by atoms with Gasteiger partial charge in [-0.25, -0.2) is 18.6 Å². The van der Waals surface area contributed by atoms with E-state index in [4.69, 9.17) is 4.74 Å². The Morgan fingerprint density at radius 2 is 1.96 bits per heavy atom. The van der Waals surface area contributed by atoms with Crippen molar-refractivity contribution >= 4 is 22.7 Å². The number of rotatable bonds is 2. The summed E-state index contributed by atoms with van der Waals surface area (Å²) in [5.41, 5.74) is 1.47. The van der Waals surface area contributed by atoms with Crippen molar-refractivity contribution in [1.29, 1.82) is 0 Å². The van der Waals surface area contributed by atoms with Gasteiger partial charge in [-0.3, -0.25) is 0 Å². The molecule has 0 radical (unpaired) electrons. The Balaban J connectivity index is 1.88. The first-order valence-electron chi connectivity index (χ1n) is 7.93. The van der Waals surface area contributed by atoms with Crippen LogP contribution in [0.5, 0.6) is 0 Å². The van der Waals surface area contributed by atoms with Crippen LogP contribution in [0.4, 0.5) is 19.3 Å². The van der Waals surface area contributed by atoms with E-state index in [-0.39, 0.29) is 11.6 Å². The van der Waals surface area contributed by atoms with E-state index in [1.807, 2.05) is 6.07 Å². The van der Waals surface area contributed by atoms with Crippen LogP contribution in [0.25, 0.3) is 10.9 Å². The minimum atomic E-state index is -0.928. The lowest BCUT2D eigenvalue weighted by Gasteiger charge is -2.36. The lowest BCUT2D eigenvalue weighted by atomic mass is 10.1. The predicted octanol–water partition coefficient (Wildman–Crippen LogP) is 3.10. The summed E-state index contributed by atoms with van der Waals surface area (Å²) in [6.07, 6.45) is -0.318. The highest BCUT2D eigenvalue weighted by Crippen LogP contribution is 2.30. The number of hydrogen-bond donors (Lipinski definition) is 0. The van der Waals surface area contributed by atoms with Crippen LogP contribution in [-0.4, -0.2) is 48.8 Å². The molecular weight excluding hydrogens is 316 g/mol. The van der Waals surface area contributed by atoms with Gasteiger partial charge in [0.1, 0.15) is 5.52 Å². The van der Waals surface area contributed by atoms with Crippen LogP contribution < -0.4 is 4.90 Å². The number of piperazine rings is 1.